The van der Waals surface area contributed by atoms with Gasteiger partial charge in [-0.2, -0.15) is 0 Å². The van der Waals surface area contributed by atoms with E-state index < -0.39 is 0 Å². The molecule has 2 aliphatic carbocycles. The van der Waals surface area contributed by atoms with E-state index in [0.717, 1.165) is 31.0 Å². The summed E-state index contributed by atoms with van der Waals surface area (Å²) in [7, 11) is 0. The van der Waals surface area contributed by atoms with Crippen LogP contribution in [0, 0.1) is 17.8 Å². The maximum Gasteiger partial charge on any atom is 0.123 e. The Hall–Kier alpha value is -0.590. The number of carbonyl (C=O) groups excluding carboxylic acids is 1. The Bertz CT molecular complexity index is 158. The smallest absolute Gasteiger partial charge is 0.123 e. The van der Waals surface area contributed by atoms with Gasteiger partial charge in [0.15, 0.2) is 0 Å². The van der Waals surface area contributed by atoms with Crippen molar-refractivity contribution in [3.05, 3.63) is 12.2 Å². The van der Waals surface area contributed by atoms with Crippen molar-refractivity contribution in [3.63, 3.8) is 0 Å². The molecule has 2 aliphatic rings. The van der Waals surface area contributed by atoms with Crippen LogP contribution in [-0.2, 0) is 4.79 Å². The molecule has 1 fully saturated rings. The summed E-state index contributed by atoms with van der Waals surface area (Å²) in [4.78, 5) is 10.5. The zero-order valence-electron chi connectivity index (χ0n) is 5.99. The topological polar surface area (TPSA) is 17.1 Å². The van der Waals surface area contributed by atoms with Gasteiger partial charge in [0, 0.05) is 5.92 Å². The highest BCUT2D eigenvalue weighted by molar-refractivity contribution is 5.54. The normalized spacial score (nSPS) is 43.8. The van der Waals surface area contributed by atoms with Crippen molar-refractivity contribution in [1.82, 2.24) is 0 Å². The second-order valence-electron chi connectivity index (χ2n) is 3.51. The van der Waals surface area contributed by atoms with Crippen LogP contribution in [0.4, 0.5) is 0 Å². The maximum atomic E-state index is 10.5. The Kier molecular flexibility index (Phi) is 1.37. The van der Waals surface area contributed by atoms with Gasteiger partial charge in [0.05, 0.1) is 0 Å². The third kappa shape index (κ3) is 0.898. The molecule has 10 heavy (non-hydrogen) atoms. The SMILES string of the molecule is O=CC1C[C@H]2C=C[C@@H](C1)C2. The molecule has 0 radical (unpaired) electrons. The predicted octanol–water partition coefficient (Wildman–Crippen LogP) is 1.79. The van der Waals surface area contributed by atoms with Crippen LogP contribution >= 0.6 is 0 Å². The summed E-state index contributed by atoms with van der Waals surface area (Å²) in [6.45, 7) is 0. The molecule has 2 bridgehead atoms. The standard InChI is InChI=1S/C9H12O/c10-6-9-4-7-1-2-8(3-7)5-9/h1-2,6-9H,3-5H2/t7-,8+,9?. The molecular formula is C9H12O. The highest BCUT2D eigenvalue weighted by Crippen LogP contribution is 2.38. The fourth-order valence-electron chi connectivity index (χ4n) is 2.19. The van der Waals surface area contributed by atoms with Crippen LogP contribution in [0.25, 0.3) is 0 Å². The lowest BCUT2D eigenvalue weighted by molar-refractivity contribution is -0.112. The number of hydrogen-bond donors (Lipinski definition) is 0. The third-order valence-electron chi connectivity index (χ3n) is 2.66. The third-order valence-corrected chi connectivity index (χ3v) is 2.66. The minimum Gasteiger partial charge on any atom is -0.303 e. The van der Waals surface area contributed by atoms with E-state index in [1.54, 1.807) is 0 Å². The minimum atomic E-state index is 0.360. The van der Waals surface area contributed by atoms with Gasteiger partial charge in [-0.3, -0.25) is 0 Å². The molecule has 54 valence electrons. The van der Waals surface area contributed by atoms with E-state index in [-0.39, 0.29) is 0 Å². The number of fused-ring (bicyclic) bond motifs is 2. The van der Waals surface area contributed by atoms with Crippen LogP contribution < -0.4 is 0 Å². The molecule has 0 spiro atoms. The Morgan fingerprint density at radius 3 is 2.20 bits per heavy atom. The van der Waals surface area contributed by atoms with Crippen molar-refractivity contribution in [3.8, 4) is 0 Å². The second kappa shape index (κ2) is 2.22. The van der Waals surface area contributed by atoms with Gasteiger partial charge >= 0.3 is 0 Å². The van der Waals surface area contributed by atoms with Gasteiger partial charge in [-0.05, 0) is 31.1 Å². The zero-order valence-corrected chi connectivity index (χ0v) is 5.99. The zero-order chi connectivity index (χ0) is 6.97. The Morgan fingerprint density at radius 1 is 1.10 bits per heavy atom. The molecule has 0 aromatic carbocycles. The van der Waals surface area contributed by atoms with Crippen molar-refractivity contribution in [2.45, 2.75) is 19.3 Å². The first-order chi connectivity index (χ1) is 4.88. The molecule has 0 aromatic rings. The van der Waals surface area contributed by atoms with Gasteiger partial charge in [0.1, 0.15) is 6.29 Å². The van der Waals surface area contributed by atoms with E-state index in [1.807, 2.05) is 0 Å². The minimum absolute atomic E-state index is 0.360. The van der Waals surface area contributed by atoms with Gasteiger partial charge < -0.3 is 4.79 Å². The van der Waals surface area contributed by atoms with E-state index >= 15 is 0 Å². The largest absolute Gasteiger partial charge is 0.303 e. The first kappa shape index (κ1) is 6.14. The summed E-state index contributed by atoms with van der Waals surface area (Å²) in [6.07, 6.45) is 9.23. The van der Waals surface area contributed by atoms with Crippen LogP contribution in [0.15, 0.2) is 12.2 Å². The fourth-order valence-corrected chi connectivity index (χ4v) is 2.19. The van der Waals surface area contributed by atoms with E-state index in [2.05, 4.69) is 12.2 Å². The highest BCUT2D eigenvalue weighted by Gasteiger charge is 2.29. The number of allylic oxidation sites excluding steroid dienone is 2. The molecule has 0 amide bonds. The van der Waals surface area contributed by atoms with Crippen molar-refractivity contribution < 1.29 is 4.79 Å². The average Bonchev–Trinajstić information content (AvgIpc) is 2.30. The van der Waals surface area contributed by atoms with Gasteiger partial charge in [0.25, 0.3) is 0 Å². The lowest BCUT2D eigenvalue weighted by Gasteiger charge is -2.23. The van der Waals surface area contributed by atoms with E-state index in [9.17, 15) is 4.79 Å². The summed E-state index contributed by atoms with van der Waals surface area (Å²) < 4.78 is 0. The Morgan fingerprint density at radius 2 is 1.70 bits per heavy atom. The number of carbonyl (C=O) groups is 1. The Balaban J connectivity index is 2.07. The molecule has 1 unspecified atom stereocenters. The fraction of sp³-hybridized carbons (Fsp3) is 0.667. The van der Waals surface area contributed by atoms with Crippen molar-refractivity contribution in [2.24, 2.45) is 17.8 Å². The molecule has 0 aliphatic heterocycles. The van der Waals surface area contributed by atoms with Crippen LogP contribution in [0.1, 0.15) is 19.3 Å². The summed E-state index contributed by atoms with van der Waals surface area (Å²) in [5.74, 6) is 1.82. The van der Waals surface area contributed by atoms with Gasteiger partial charge in [0.2, 0.25) is 0 Å². The van der Waals surface area contributed by atoms with Gasteiger partial charge in [-0.25, -0.2) is 0 Å². The monoisotopic (exact) mass is 136 g/mol. The first-order valence-corrected chi connectivity index (χ1v) is 4.02. The predicted molar refractivity (Wildman–Crippen MR) is 39.5 cm³/mol. The molecule has 0 aromatic heterocycles. The van der Waals surface area contributed by atoms with Crippen LogP contribution in [0.3, 0.4) is 0 Å². The molecule has 1 nitrogen and oxygen atoms in total. The van der Waals surface area contributed by atoms with E-state index in [1.165, 1.54) is 6.42 Å². The molecule has 1 saturated carbocycles. The second-order valence-corrected chi connectivity index (χ2v) is 3.51. The molecule has 0 heterocycles. The molecular weight excluding hydrogens is 124 g/mol. The van der Waals surface area contributed by atoms with Gasteiger partial charge in [-0.1, -0.05) is 12.2 Å². The number of aldehydes is 1. The first-order valence-electron chi connectivity index (χ1n) is 4.02. The van der Waals surface area contributed by atoms with E-state index in [4.69, 9.17) is 0 Å². The van der Waals surface area contributed by atoms with Crippen LogP contribution in [0.5, 0.6) is 0 Å². The molecule has 3 atom stereocenters. The number of rotatable bonds is 1. The highest BCUT2D eigenvalue weighted by atomic mass is 16.1. The molecule has 1 heteroatoms. The summed E-state index contributed by atoms with van der Waals surface area (Å²) in [5, 5.41) is 0. The molecule has 0 saturated heterocycles. The quantitative estimate of drug-likeness (QED) is 0.396. The summed E-state index contributed by atoms with van der Waals surface area (Å²) >= 11 is 0. The van der Waals surface area contributed by atoms with E-state index in [0.29, 0.717) is 5.92 Å². The molecule has 0 N–H and O–H groups in total. The Labute approximate surface area is 61.1 Å². The van der Waals surface area contributed by atoms with Crippen molar-refractivity contribution in [2.75, 3.05) is 0 Å². The van der Waals surface area contributed by atoms with Crippen molar-refractivity contribution in [1.29, 1.82) is 0 Å². The summed E-state index contributed by atoms with van der Waals surface area (Å²) in [5.41, 5.74) is 0. The average molecular weight is 136 g/mol. The lowest BCUT2D eigenvalue weighted by Crippen LogP contribution is -2.17. The van der Waals surface area contributed by atoms with Gasteiger partial charge in [-0.15, -0.1) is 0 Å². The van der Waals surface area contributed by atoms with Crippen LogP contribution in [0.2, 0.25) is 0 Å². The summed E-state index contributed by atoms with van der Waals surface area (Å²) in [6, 6.07) is 0. The van der Waals surface area contributed by atoms with Crippen molar-refractivity contribution >= 4 is 6.29 Å². The maximum absolute atomic E-state index is 10.5. The molecule has 2 rings (SSSR count). The lowest BCUT2D eigenvalue weighted by atomic mass is 9.81. The van der Waals surface area contributed by atoms with Crippen LogP contribution in [-0.4, -0.2) is 6.29 Å². The number of hydrogen-bond acceptors (Lipinski definition) is 1.